The molecule has 1 rings (SSSR count). The lowest BCUT2D eigenvalue weighted by atomic mass is 10.1. The Bertz CT molecular complexity index is 372. The predicted octanol–water partition coefficient (Wildman–Crippen LogP) is 2.20. The molecular formula is C14H23IO5. The number of aliphatic hydroxyl groups excluding tert-OH is 1. The molecule has 3 atom stereocenters. The second-order valence-electron chi connectivity index (χ2n) is 6.18. The highest BCUT2D eigenvalue weighted by molar-refractivity contribution is 14.1. The summed E-state index contributed by atoms with van der Waals surface area (Å²) in [5.41, 5.74) is -0.533. The number of halogens is 1. The van der Waals surface area contributed by atoms with Gasteiger partial charge in [-0.1, -0.05) is 22.6 Å². The van der Waals surface area contributed by atoms with Gasteiger partial charge in [0.05, 0.1) is 6.10 Å². The van der Waals surface area contributed by atoms with E-state index in [1.54, 1.807) is 40.7 Å². The summed E-state index contributed by atoms with van der Waals surface area (Å²) in [7, 11) is 0. The van der Waals surface area contributed by atoms with Crippen molar-refractivity contribution < 1.29 is 24.1 Å². The molecular weight excluding hydrogens is 375 g/mol. The van der Waals surface area contributed by atoms with Gasteiger partial charge in [0.1, 0.15) is 17.8 Å². The molecule has 0 unspecified atom stereocenters. The molecule has 1 fully saturated rings. The molecule has 0 saturated carbocycles. The quantitative estimate of drug-likeness (QED) is 0.341. The van der Waals surface area contributed by atoms with Gasteiger partial charge in [-0.2, -0.15) is 0 Å². The fourth-order valence-corrected chi connectivity index (χ4v) is 2.36. The second kappa shape index (κ2) is 6.72. The van der Waals surface area contributed by atoms with Crippen molar-refractivity contribution in [2.45, 2.75) is 64.3 Å². The maximum atomic E-state index is 11.7. The number of carbonyl (C=O) groups is 1. The number of aliphatic hydroxyl groups is 1. The molecule has 5 nitrogen and oxygen atoms in total. The fourth-order valence-electron chi connectivity index (χ4n) is 1.86. The van der Waals surface area contributed by atoms with Gasteiger partial charge in [-0.3, -0.25) is 0 Å². The molecule has 116 valence electrons. The molecule has 0 amide bonds. The third-order valence-electron chi connectivity index (χ3n) is 2.53. The Morgan fingerprint density at radius 3 is 2.55 bits per heavy atom. The van der Waals surface area contributed by atoms with Crippen molar-refractivity contribution in [1.29, 1.82) is 0 Å². The third kappa shape index (κ3) is 5.67. The largest absolute Gasteiger partial charge is 0.457 e. The van der Waals surface area contributed by atoms with Gasteiger partial charge in [-0.05, 0) is 40.7 Å². The van der Waals surface area contributed by atoms with Crippen LogP contribution in [0.1, 0.15) is 34.6 Å². The van der Waals surface area contributed by atoms with Crippen LogP contribution in [0.3, 0.4) is 0 Å². The van der Waals surface area contributed by atoms with Crippen LogP contribution in [0.15, 0.2) is 12.2 Å². The minimum Gasteiger partial charge on any atom is -0.457 e. The van der Waals surface area contributed by atoms with Crippen molar-refractivity contribution in [3.63, 3.8) is 0 Å². The first-order chi connectivity index (χ1) is 9.04. The number of rotatable bonds is 4. The van der Waals surface area contributed by atoms with Crippen molar-refractivity contribution >= 4 is 28.6 Å². The first kappa shape index (κ1) is 17.9. The normalized spacial score (nSPS) is 27.8. The molecule has 0 spiro atoms. The van der Waals surface area contributed by atoms with E-state index in [1.807, 2.05) is 0 Å². The van der Waals surface area contributed by atoms with E-state index >= 15 is 0 Å². The predicted molar refractivity (Wildman–Crippen MR) is 83.7 cm³/mol. The summed E-state index contributed by atoms with van der Waals surface area (Å²) in [6.07, 6.45) is 1.31. The molecule has 0 aliphatic carbocycles. The Hall–Kier alpha value is -0.180. The molecule has 1 N–H and O–H groups in total. The van der Waals surface area contributed by atoms with Crippen molar-refractivity contribution in [3.8, 4) is 0 Å². The van der Waals surface area contributed by atoms with Crippen LogP contribution in [0, 0.1) is 0 Å². The van der Waals surface area contributed by atoms with Crippen LogP contribution in [-0.4, -0.2) is 45.2 Å². The Balaban J connectivity index is 2.71. The van der Waals surface area contributed by atoms with Crippen LogP contribution < -0.4 is 0 Å². The van der Waals surface area contributed by atoms with E-state index in [-0.39, 0.29) is 0 Å². The molecule has 20 heavy (non-hydrogen) atoms. The van der Waals surface area contributed by atoms with Crippen molar-refractivity contribution in [2.75, 3.05) is 4.43 Å². The van der Waals surface area contributed by atoms with Gasteiger partial charge >= 0.3 is 5.97 Å². The summed E-state index contributed by atoms with van der Waals surface area (Å²) in [5.74, 6) is -1.21. The molecule has 0 radical (unpaired) electrons. The smallest absolute Gasteiger partial charge is 0.331 e. The number of hydrogen-bond acceptors (Lipinski definition) is 5. The van der Waals surface area contributed by atoms with Crippen LogP contribution >= 0.6 is 22.6 Å². The number of carbonyl (C=O) groups excluding carboxylic acids is 1. The van der Waals surface area contributed by atoms with Gasteiger partial charge in [0.15, 0.2) is 5.79 Å². The summed E-state index contributed by atoms with van der Waals surface area (Å²) in [6.45, 7) is 8.97. The van der Waals surface area contributed by atoms with E-state index in [0.29, 0.717) is 4.43 Å². The zero-order valence-corrected chi connectivity index (χ0v) is 14.7. The van der Waals surface area contributed by atoms with Crippen LogP contribution in [0.25, 0.3) is 0 Å². The fraction of sp³-hybridized carbons (Fsp3) is 0.786. The Morgan fingerprint density at radius 1 is 1.45 bits per heavy atom. The Morgan fingerprint density at radius 2 is 2.05 bits per heavy atom. The standard InChI is InChI=1S/C14H23IO5/c1-13(2,3)19-11(17)7-6-10-12(9(16)8-15)20-14(4,5)18-10/h6-7,9-10,12,16H,8H2,1-5H3/b7-6+/t9-,10+,12-/m1/s1. The first-order valence-electron chi connectivity index (χ1n) is 6.55. The van der Waals surface area contributed by atoms with Crippen molar-refractivity contribution in [2.24, 2.45) is 0 Å². The average molecular weight is 398 g/mol. The highest BCUT2D eigenvalue weighted by atomic mass is 127. The average Bonchev–Trinajstić information content (AvgIpc) is 2.59. The molecule has 0 bridgehead atoms. The summed E-state index contributed by atoms with van der Waals surface area (Å²) in [4.78, 5) is 11.7. The number of esters is 1. The molecule has 0 aromatic carbocycles. The molecule has 6 heteroatoms. The van der Waals surface area contributed by atoms with Crippen LogP contribution in [0.4, 0.5) is 0 Å². The molecule has 1 saturated heterocycles. The van der Waals surface area contributed by atoms with E-state index in [9.17, 15) is 9.90 Å². The van der Waals surface area contributed by atoms with Gasteiger partial charge in [0.2, 0.25) is 0 Å². The molecule has 1 aliphatic heterocycles. The lowest BCUT2D eigenvalue weighted by Crippen LogP contribution is -2.35. The summed E-state index contributed by atoms with van der Waals surface area (Å²) >= 11 is 2.08. The van der Waals surface area contributed by atoms with E-state index in [4.69, 9.17) is 14.2 Å². The van der Waals surface area contributed by atoms with Crippen molar-refractivity contribution in [3.05, 3.63) is 12.2 Å². The lowest BCUT2D eigenvalue weighted by Gasteiger charge is -2.20. The van der Waals surface area contributed by atoms with Gasteiger partial charge in [-0.25, -0.2) is 4.79 Å². The molecule has 1 aliphatic rings. The number of alkyl halides is 1. The van der Waals surface area contributed by atoms with Crippen LogP contribution in [-0.2, 0) is 19.0 Å². The lowest BCUT2D eigenvalue weighted by molar-refractivity contribution is -0.152. The zero-order chi connectivity index (χ0) is 15.6. The topological polar surface area (TPSA) is 65.0 Å². The minimum absolute atomic E-state index is 0.437. The SMILES string of the molecule is CC(C)(C)OC(=O)/C=C/[C@@H]1OC(C)(C)O[C@@H]1[C@H](O)CI. The first-order valence-corrected chi connectivity index (χ1v) is 8.07. The number of ether oxygens (including phenoxy) is 3. The van der Waals surface area contributed by atoms with E-state index < -0.39 is 35.7 Å². The van der Waals surface area contributed by atoms with Gasteiger partial charge < -0.3 is 19.3 Å². The van der Waals surface area contributed by atoms with Crippen molar-refractivity contribution in [1.82, 2.24) is 0 Å². The highest BCUT2D eigenvalue weighted by Gasteiger charge is 2.43. The zero-order valence-electron chi connectivity index (χ0n) is 12.6. The summed E-state index contributed by atoms with van der Waals surface area (Å²) in [5, 5.41) is 9.95. The molecule has 0 aromatic rings. The monoisotopic (exact) mass is 398 g/mol. The maximum absolute atomic E-state index is 11.7. The molecule has 0 aromatic heterocycles. The van der Waals surface area contributed by atoms with E-state index in [2.05, 4.69) is 22.6 Å². The highest BCUT2D eigenvalue weighted by Crippen LogP contribution is 2.31. The van der Waals surface area contributed by atoms with Gasteiger partial charge in [-0.15, -0.1) is 0 Å². The van der Waals surface area contributed by atoms with Crippen LogP contribution in [0.5, 0.6) is 0 Å². The Labute approximate surface area is 133 Å². The van der Waals surface area contributed by atoms with E-state index in [0.717, 1.165) is 0 Å². The van der Waals surface area contributed by atoms with Gasteiger partial charge in [0.25, 0.3) is 0 Å². The second-order valence-corrected chi connectivity index (χ2v) is 7.06. The Kier molecular flexibility index (Phi) is 6.01. The summed E-state index contributed by atoms with van der Waals surface area (Å²) in [6, 6.07) is 0. The van der Waals surface area contributed by atoms with Crippen LogP contribution in [0.2, 0.25) is 0 Å². The number of hydrogen-bond donors (Lipinski definition) is 1. The molecule has 1 heterocycles. The summed E-state index contributed by atoms with van der Waals surface area (Å²) < 4.78 is 17.1. The van der Waals surface area contributed by atoms with Gasteiger partial charge in [0, 0.05) is 10.5 Å². The maximum Gasteiger partial charge on any atom is 0.331 e. The minimum atomic E-state index is -0.777. The van der Waals surface area contributed by atoms with E-state index in [1.165, 1.54) is 6.08 Å². The third-order valence-corrected chi connectivity index (χ3v) is 3.43.